The molecule has 11 heteroatoms. The Morgan fingerprint density at radius 1 is 1.18 bits per heavy atom. The molecule has 0 fully saturated rings. The van der Waals surface area contributed by atoms with Crippen LogP contribution in [0.15, 0.2) is 66.9 Å². The van der Waals surface area contributed by atoms with Gasteiger partial charge in [-0.1, -0.05) is 18.2 Å². The first-order valence-corrected chi connectivity index (χ1v) is 11.7. The lowest BCUT2D eigenvalue weighted by Crippen LogP contribution is -2.20. The minimum absolute atomic E-state index is 0.0208. The van der Waals surface area contributed by atoms with Crippen molar-refractivity contribution in [2.45, 2.75) is 39.6 Å². The van der Waals surface area contributed by atoms with Gasteiger partial charge in [0.2, 0.25) is 5.78 Å². The maximum Gasteiger partial charge on any atom is 0.417 e. The van der Waals surface area contributed by atoms with E-state index in [0.29, 0.717) is 28.3 Å². The second kappa shape index (κ2) is 10.5. The number of carbonyl (C=O) groups is 1. The van der Waals surface area contributed by atoms with Gasteiger partial charge in [0.1, 0.15) is 0 Å². The van der Waals surface area contributed by atoms with Crippen molar-refractivity contribution in [3.8, 4) is 11.3 Å². The first-order chi connectivity index (χ1) is 17.9. The van der Waals surface area contributed by atoms with Crippen LogP contribution in [0.2, 0.25) is 0 Å². The van der Waals surface area contributed by atoms with Gasteiger partial charge in [-0.15, -0.1) is 0 Å². The van der Waals surface area contributed by atoms with E-state index in [1.54, 1.807) is 35.9 Å². The zero-order valence-electron chi connectivity index (χ0n) is 21.0. The lowest BCUT2D eigenvalue weighted by Gasteiger charge is -2.16. The molecule has 5 N–H and O–H groups in total. The summed E-state index contributed by atoms with van der Waals surface area (Å²) in [5.74, 6) is -0.382. The van der Waals surface area contributed by atoms with Crippen molar-refractivity contribution in [3.05, 3.63) is 94.7 Å². The highest BCUT2D eigenvalue weighted by molar-refractivity contribution is 6.06. The summed E-state index contributed by atoms with van der Waals surface area (Å²) in [6.07, 6.45) is 1.06. The van der Waals surface area contributed by atoms with E-state index in [1.807, 2.05) is 19.2 Å². The number of aryl methyl sites for hydroxylation is 2. The van der Waals surface area contributed by atoms with Gasteiger partial charge in [-0.05, 0) is 55.7 Å². The van der Waals surface area contributed by atoms with Gasteiger partial charge < -0.3 is 21.5 Å². The fourth-order valence-electron chi connectivity index (χ4n) is 3.77. The number of hydrogen-bond acceptors (Lipinski definition) is 6. The number of nitrogens with two attached hydrogens (primary N) is 1. The molecule has 38 heavy (non-hydrogen) atoms. The second-order valence-corrected chi connectivity index (χ2v) is 9.03. The zero-order chi connectivity index (χ0) is 27.6. The van der Waals surface area contributed by atoms with Gasteiger partial charge in [0.15, 0.2) is 0 Å². The van der Waals surface area contributed by atoms with Crippen molar-refractivity contribution in [2.24, 2.45) is 5.73 Å². The summed E-state index contributed by atoms with van der Waals surface area (Å²) in [5.41, 5.74) is 7.77. The third kappa shape index (κ3) is 5.94. The Morgan fingerprint density at radius 3 is 2.66 bits per heavy atom. The molecule has 0 spiro atoms. The number of nitrogens with one attached hydrogen (secondary N) is 2. The lowest BCUT2D eigenvalue weighted by molar-refractivity contribution is -0.137. The number of hydrogen-bond donors (Lipinski definition) is 4. The van der Waals surface area contributed by atoms with Crippen molar-refractivity contribution in [2.75, 3.05) is 5.32 Å². The van der Waals surface area contributed by atoms with Crippen LogP contribution >= 0.6 is 0 Å². The third-order valence-electron chi connectivity index (χ3n) is 5.91. The monoisotopic (exact) mass is 524 g/mol. The number of amides is 1. The van der Waals surface area contributed by atoms with Crippen molar-refractivity contribution in [1.29, 1.82) is 0 Å². The predicted octanol–water partition coefficient (Wildman–Crippen LogP) is 4.55. The van der Waals surface area contributed by atoms with Crippen molar-refractivity contribution in [3.63, 3.8) is 0 Å². The molecule has 2 aromatic heterocycles. The van der Waals surface area contributed by atoms with Crippen LogP contribution in [0.3, 0.4) is 0 Å². The van der Waals surface area contributed by atoms with Crippen molar-refractivity contribution >= 4 is 17.4 Å². The fraction of sp³-hybridized carbons (Fsp3) is 0.222. The van der Waals surface area contributed by atoms with E-state index >= 15 is 0 Å². The van der Waals surface area contributed by atoms with Gasteiger partial charge in [0.05, 0.1) is 28.6 Å². The number of benzene rings is 2. The van der Waals surface area contributed by atoms with Crippen LogP contribution in [-0.2, 0) is 12.7 Å². The van der Waals surface area contributed by atoms with E-state index in [0.717, 1.165) is 17.7 Å². The summed E-state index contributed by atoms with van der Waals surface area (Å²) in [6, 6.07) is 8.75. The van der Waals surface area contributed by atoms with Crippen LogP contribution in [0.25, 0.3) is 17.0 Å². The van der Waals surface area contributed by atoms with Gasteiger partial charge in [0.25, 0.3) is 5.91 Å². The molecule has 4 rings (SSSR count). The fourth-order valence-corrected chi connectivity index (χ4v) is 3.77. The predicted molar refractivity (Wildman–Crippen MR) is 138 cm³/mol. The maximum atomic E-state index is 13.9. The number of alkyl halides is 3. The average molecular weight is 525 g/mol. The minimum atomic E-state index is -4.75. The molecule has 0 bridgehead atoms. The molecule has 1 amide bonds. The van der Waals surface area contributed by atoms with Crippen LogP contribution in [0.4, 0.5) is 18.9 Å². The highest BCUT2D eigenvalue weighted by atomic mass is 19.4. The smallest absolute Gasteiger partial charge is 0.399 e. The summed E-state index contributed by atoms with van der Waals surface area (Å²) in [6.45, 7) is 5.15. The normalized spacial score (nSPS) is 13.0. The van der Waals surface area contributed by atoms with E-state index < -0.39 is 29.3 Å². The summed E-state index contributed by atoms with van der Waals surface area (Å²) >= 11 is 0. The molecule has 198 valence electrons. The Labute approximate surface area is 217 Å². The van der Waals surface area contributed by atoms with Crippen LogP contribution in [0.5, 0.6) is 0 Å². The Bertz CT molecular complexity index is 1530. The van der Waals surface area contributed by atoms with Crippen LogP contribution in [0.1, 0.15) is 39.5 Å². The molecule has 4 aromatic rings. The van der Waals surface area contributed by atoms with Gasteiger partial charge >= 0.3 is 6.18 Å². The second-order valence-electron chi connectivity index (χ2n) is 9.03. The summed E-state index contributed by atoms with van der Waals surface area (Å²) in [4.78, 5) is 21.8. The van der Waals surface area contributed by atoms with E-state index in [1.165, 1.54) is 19.2 Å². The Morgan fingerprint density at radius 2 is 1.95 bits per heavy atom. The summed E-state index contributed by atoms with van der Waals surface area (Å²) < 4.78 is 43.5. The molecule has 0 aliphatic carbocycles. The standard InChI is InChI=1S/C27H27F3N6O2/c1-15-10-33-26-35-24(14-36(26)13-15)19-6-4-16(2)23(9-19)34-25(38)20-7-5-18(8-21(20)27(28,29)30)11-32-12-22(31)17(3)37/h4-10,12-14,17,32,37H,11,31H2,1-3H3,(H,34,38)/b22-12-. The SMILES string of the molecule is Cc1cnc2nc(-c3ccc(C)c(NC(=O)c4ccc(CN/C=C(\N)C(C)O)cc4C(F)(F)F)c3)cn2c1. The number of aliphatic hydroxyl groups excluding tert-OH is 1. The first kappa shape index (κ1) is 26.7. The highest BCUT2D eigenvalue weighted by Gasteiger charge is 2.35. The molecule has 0 aliphatic heterocycles. The van der Waals surface area contributed by atoms with E-state index in [9.17, 15) is 23.1 Å². The van der Waals surface area contributed by atoms with Crippen LogP contribution in [-0.4, -0.2) is 31.5 Å². The number of aliphatic hydroxyl groups is 1. The van der Waals surface area contributed by atoms with Crippen LogP contribution < -0.4 is 16.4 Å². The van der Waals surface area contributed by atoms with Gasteiger partial charge in [-0.3, -0.25) is 9.20 Å². The molecule has 8 nitrogen and oxygen atoms in total. The van der Waals surface area contributed by atoms with Crippen molar-refractivity contribution < 1.29 is 23.1 Å². The molecule has 0 radical (unpaired) electrons. The van der Waals surface area contributed by atoms with Gasteiger partial charge in [0, 0.05) is 42.6 Å². The molecule has 0 saturated heterocycles. The summed E-state index contributed by atoms with van der Waals surface area (Å²) in [5, 5.41) is 14.8. The molecule has 0 saturated carbocycles. The van der Waals surface area contributed by atoms with Gasteiger partial charge in [-0.25, -0.2) is 9.97 Å². The number of halogens is 3. The molecule has 1 atom stereocenters. The van der Waals surface area contributed by atoms with E-state index in [-0.39, 0.29) is 17.8 Å². The first-order valence-electron chi connectivity index (χ1n) is 11.7. The zero-order valence-corrected chi connectivity index (χ0v) is 21.0. The number of rotatable bonds is 7. The number of fused-ring (bicyclic) bond motifs is 1. The van der Waals surface area contributed by atoms with Gasteiger partial charge in [-0.2, -0.15) is 13.2 Å². The van der Waals surface area contributed by atoms with E-state index in [4.69, 9.17) is 5.73 Å². The van der Waals surface area contributed by atoms with E-state index in [2.05, 4.69) is 20.6 Å². The average Bonchev–Trinajstić information content (AvgIpc) is 3.27. The molecule has 1 unspecified atom stereocenters. The molecule has 2 aromatic carbocycles. The number of aromatic nitrogens is 3. The molecular weight excluding hydrogens is 497 g/mol. The number of nitrogens with zero attached hydrogens (tertiary/aromatic N) is 3. The number of anilines is 1. The van der Waals surface area contributed by atoms with Crippen molar-refractivity contribution in [1.82, 2.24) is 19.7 Å². The minimum Gasteiger partial charge on any atom is -0.399 e. The Balaban J connectivity index is 1.60. The topological polar surface area (TPSA) is 118 Å². The molecule has 0 aliphatic rings. The number of imidazole rings is 1. The number of carbonyl (C=O) groups excluding carboxylic acids is 1. The molecular formula is C27H27F3N6O2. The quantitative estimate of drug-likeness (QED) is 0.282. The Kier molecular flexibility index (Phi) is 7.40. The third-order valence-corrected chi connectivity index (χ3v) is 5.91. The Hall–Kier alpha value is -4.38. The summed E-state index contributed by atoms with van der Waals surface area (Å²) in [7, 11) is 0. The largest absolute Gasteiger partial charge is 0.417 e. The lowest BCUT2D eigenvalue weighted by atomic mass is 10.0. The maximum absolute atomic E-state index is 13.9. The molecule has 2 heterocycles. The highest BCUT2D eigenvalue weighted by Crippen LogP contribution is 2.34. The van der Waals surface area contributed by atoms with Crippen LogP contribution in [0, 0.1) is 13.8 Å².